The Balaban J connectivity index is 1.70. The molecule has 1 saturated carbocycles. The van der Waals surface area contributed by atoms with Gasteiger partial charge < -0.3 is 10.1 Å². The summed E-state index contributed by atoms with van der Waals surface area (Å²) in [6.45, 7) is 4.88. The van der Waals surface area contributed by atoms with Gasteiger partial charge in [-0.3, -0.25) is 0 Å². The molecule has 0 radical (unpaired) electrons. The van der Waals surface area contributed by atoms with Gasteiger partial charge in [0.2, 0.25) is 0 Å². The summed E-state index contributed by atoms with van der Waals surface area (Å²) in [5.41, 5.74) is 3.88. The van der Waals surface area contributed by atoms with Gasteiger partial charge in [0.25, 0.3) is 0 Å². The van der Waals surface area contributed by atoms with E-state index in [9.17, 15) is 4.79 Å². The molecular weight excluding hydrogens is 370 g/mol. The molecule has 1 aliphatic rings. The van der Waals surface area contributed by atoms with Crippen molar-refractivity contribution in [1.82, 2.24) is 5.32 Å². The Morgan fingerprint density at radius 2 is 1.70 bits per heavy atom. The molecule has 1 aliphatic carbocycles. The van der Waals surface area contributed by atoms with Crippen molar-refractivity contribution < 1.29 is 9.53 Å². The number of alkyl carbamates (subject to hydrolysis) is 1. The third kappa shape index (κ3) is 6.10. The van der Waals surface area contributed by atoms with Crippen LogP contribution in [-0.2, 0) is 11.2 Å². The highest BCUT2D eigenvalue weighted by Crippen LogP contribution is 2.30. The molecular formula is C27H37NO2. The number of amides is 1. The standard InChI is InChI=1S/C27H37NO2/c1-3-13-21-16-11-12-19-24(21)25(22-14-7-5-8-15-22)20-28-27(29)30-26(4-2)23-17-9-6-10-18-23/h5,7-8,11-12,14-16,19,23,25-26H,3-4,6,9-10,13,17-18,20H2,1-2H3,(H,28,29)/t25-,26-/m1/s1. The summed E-state index contributed by atoms with van der Waals surface area (Å²) >= 11 is 0. The minimum Gasteiger partial charge on any atom is -0.446 e. The zero-order valence-corrected chi connectivity index (χ0v) is 18.6. The van der Waals surface area contributed by atoms with E-state index in [4.69, 9.17) is 4.74 Å². The molecule has 2 aromatic rings. The molecule has 162 valence electrons. The summed E-state index contributed by atoms with van der Waals surface area (Å²) in [6, 6.07) is 19.1. The van der Waals surface area contributed by atoms with E-state index < -0.39 is 0 Å². The molecule has 0 saturated heterocycles. The van der Waals surface area contributed by atoms with Crippen molar-refractivity contribution in [3.8, 4) is 0 Å². The maximum Gasteiger partial charge on any atom is 0.407 e. The zero-order valence-electron chi connectivity index (χ0n) is 18.6. The monoisotopic (exact) mass is 407 g/mol. The smallest absolute Gasteiger partial charge is 0.407 e. The molecule has 2 aromatic carbocycles. The number of ether oxygens (including phenoxy) is 1. The van der Waals surface area contributed by atoms with Crippen molar-refractivity contribution in [1.29, 1.82) is 0 Å². The van der Waals surface area contributed by atoms with Crippen molar-refractivity contribution in [2.45, 2.75) is 77.2 Å². The van der Waals surface area contributed by atoms with Gasteiger partial charge in [-0.2, -0.15) is 0 Å². The molecule has 30 heavy (non-hydrogen) atoms. The van der Waals surface area contributed by atoms with E-state index in [1.54, 1.807) is 0 Å². The molecule has 2 atom stereocenters. The Bertz CT molecular complexity index is 767. The van der Waals surface area contributed by atoms with Gasteiger partial charge in [0.15, 0.2) is 0 Å². The molecule has 1 fully saturated rings. The Kier molecular flexibility index (Phi) is 8.80. The third-order valence-electron chi connectivity index (χ3n) is 6.44. The van der Waals surface area contributed by atoms with Crippen LogP contribution in [0.5, 0.6) is 0 Å². The van der Waals surface area contributed by atoms with Gasteiger partial charge in [-0.15, -0.1) is 0 Å². The molecule has 0 bridgehead atoms. The van der Waals surface area contributed by atoms with Crippen molar-refractivity contribution in [2.24, 2.45) is 5.92 Å². The number of hydrogen-bond acceptors (Lipinski definition) is 2. The maximum absolute atomic E-state index is 12.7. The molecule has 0 spiro atoms. The average Bonchev–Trinajstić information content (AvgIpc) is 2.80. The van der Waals surface area contributed by atoms with Gasteiger partial charge in [-0.05, 0) is 48.3 Å². The fraction of sp³-hybridized carbons (Fsp3) is 0.519. The second-order valence-electron chi connectivity index (χ2n) is 8.54. The zero-order chi connectivity index (χ0) is 21.2. The summed E-state index contributed by atoms with van der Waals surface area (Å²) in [4.78, 5) is 12.7. The molecule has 3 nitrogen and oxygen atoms in total. The van der Waals surface area contributed by atoms with Gasteiger partial charge in [-0.1, -0.05) is 94.1 Å². The molecule has 0 heterocycles. The van der Waals surface area contributed by atoms with E-state index in [-0.39, 0.29) is 18.1 Å². The highest BCUT2D eigenvalue weighted by atomic mass is 16.6. The highest BCUT2D eigenvalue weighted by Gasteiger charge is 2.26. The van der Waals surface area contributed by atoms with Gasteiger partial charge in [0, 0.05) is 12.5 Å². The first-order valence-corrected chi connectivity index (χ1v) is 11.8. The lowest BCUT2D eigenvalue weighted by Crippen LogP contribution is -2.35. The van der Waals surface area contributed by atoms with Crippen molar-refractivity contribution in [3.05, 3.63) is 71.3 Å². The van der Waals surface area contributed by atoms with Crippen molar-refractivity contribution in [3.63, 3.8) is 0 Å². The first kappa shape index (κ1) is 22.4. The van der Waals surface area contributed by atoms with Crippen LogP contribution in [0.15, 0.2) is 54.6 Å². The molecule has 0 aromatic heterocycles. The Morgan fingerprint density at radius 1 is 1.00 bits per heavy atom. The van der Waals surface area contributed by atoms with Crippen LogP contribution in [-0.4, -0.2) is 18.7 Å². The fourth-order valence-electron chi connectivity index (χ4n) is 4.85. The van der Waals surface area contributed by atoms with Crippen LogP contribution >= 0.6 is 0 Å². The molecule has 3 heteroatoms. The van der Waals surface area contributed by atoms with Crippen LogP contribution in [0.4, 0.5) is 4.79 Å². The third-order valence-corrected chi connectivity index (χ3v) is 6.44. The maximum atomic E-state index is 12.7. The average molecular weight is 408 g/mol. The fourth-order valence-corrected chi connectivity index (χ4v) is 4.85. The largest absolute Gasteiger partial charge is 0.446 e. The van der Waals surface area contributed by atoms with E-state index in [2.05, 4.69) is 67.7 Å². The van der Waals surface area contributed by atoms with Crippen LogP contribution in [0.1, 0.15) is 81.4 Å². The van der Waals surface area contributed by atoms with E-state index in [1.165, 1.54) is 48.8 Å². The summed E-state index contributed by atoms with van der Waals surface area (Å²) in [5.74, 6) is 0.640. The predicted octanol–water partition coefficient (Wildman–Crippen LogP) is 6.86. The second kappa shape index (κ2) is 11.8. The molecule has 1 amide bonds. The number of rotatable bonds is 9. The topological polar surface area (TPSA) is 38.3 Å². The van der Waals surface area contributed by atoms with Crippen molar-refractivity contribution >= 4 is 6.09 Å². The lowest BCUT2D eigenvalue weighted by atomic mass is 9.84. The van der Waals surface area contributed by atoms with Gasteiger partial charge in [0.1, 0.15) is 6.10 Å². The van der Waals surface area contributed by atoms with Crippen LogP contribution in [0.3, 0.4) is 0 Å². The quantitative estimate of drug-likeness (QED) is 0.493. The predicted molar refractivity (Wildman–Crippen MR) is 124 cm³/mol. The number of benzene rings is 2. The van der Waals surface area contributed by atoms with Crippen molar-refractivity contribution in [2.75, 3.05) is 6.54 Å². The van der Waals surface area contributed by atoms with E-state index in [0.29, 0.717) is 12.5 Å². The van der Waals surface area contributed by atoms with Gasteiger partial charge in [-0.25, -0.2) is 4.79 Å². The summed E-state index contributed by atoms with van der Waals surface area (Å²) in [5, 5.41) is 3.09. The number of aryl methyl sites for hydroxylation is 1. The molecule has 1 N–H and O–H groups in total. The minimum absolute atomic E-state index is 0.0350. The molecule has 0 aliphatic heterocycles. The summed E-state index contributed by atoms with van der Waals surface area (Å²) in [6.07, 6.45) is 9.00. The van der Waals surface area contributed by atoms with Crippen LogP contribution in [0, 0.1) is 5.92 Å². The number of carbonyl (C=O) groups is 1. The Labute approximate surface area is 182 Å². The molecule has 0 unspecified atom stereocenters. The van der Waals surface area contributed by atoms with Crippen LogP contribution < -0.4 is 5.32 Å². The summed E-state index contributed by atoms with van der Waals surface area (Å²) in [7, 11) is 0. The van der Waals surface area contributed by atoms with E-state index in [1.807, 2.05) is 6.07 Å². The van der Waals surface area contributed by atoms with Gasteiger partial charge >= 0.3 is 6.09 Å². The first-order valence-electron chi connectivity index (χ1n) is 11.8. The highest BCUT2D eigenvalue weighted by molar-refractivity contribution is 5.67. The van der Waals surface area contributed by atoms with Crippen LogP contribution in [0.2, 0.25) is 0 Å². The number of hydrogen-bond donors (Lipinski definition) is 1. The summed E-state index contributed by atoms with van der Waals surface area (Å²) < 4.78 is 5.89. The first-order chi connectivity index (χ1) is 14.7. The lowest BCUT2D eigenvalue weighted by molar-refractivity contribution is 0.0457. The number of nitrogens with one attached hydrogen (secondary N) is 1. The van der Waals surface area contributed by atoms with Crippen LogP contribution in [0.25, 0.3) is 0 Å². The lowest BCUT2D eigenvalue weighted by Gasteiger charge is -2.29. The van der Waals surface area contributed by atoms with Gasteiger partial charge in [0.05, 0.1) is 0 Å². The van der Waals surface area contributed by atoms with E-state index >= 15 is 0 Å². The Hall–Kier alpha value is -2.29. The normalized spacial score (nSPS) is 16.6. The minimum atomic E-state index is -0.277. The SMILES string of the molecule is CCCc1ccccc1[C@H](CNC(=O)O[C@H](CC)C1CCCCC1)c1ccccc1. The molecule has 3 rings (SSSR count). The number of carbonyl (C=O) groups excluding carboxylic acids is 1. The van der Waals surface area contributed by atoms with E-state index in [0.717, 1.165) is 19.3 Å². The second-order valence-corrected chi connectivity index (χ2v) is 8.54. The Morgan fingerprint density at radius 3 is 2.40 bits per heavy atom.